The van der Waals surface area contributed by atoms with Crippen molar-refractivity contribution in [2.45, 2.75) is 25.6 Å². The van der Waals surface area contributed by atoms with Gasteiger partial charge in [0.15, 0.2) is 0 Å². The number of nitriles is 1. The Morgan fingerprint density at radius 3 is 1.81 bits per heavy atom. The minimum absolute atomic E-state index is 0.0652. The second kappa shape index (κ2) is 8.04. The van der Waals surface area contributed by atoms with E-state index < -0.39 is 0 Å². The zero-order chi connectivity index (χ0) is 14.9. The Morgan fingerprint density at radius 2 is 1.43 bits per heavy atom. The van der Waals surface area contributed by atoms with Crippen molar-refractivity contribution >= 4 is 0 Å². The standard InChI is InChI=1S/C19H20N2/c1-2-19(13-14-20)21(15-17-9-5-3-6-10-17)16-18-11-7-4-8-12-18/h2-12,19H,1,13,15-16H2. The predicted molar refractivity (Wildman–Crippen MR) is 86.3 cm³/mol. The van der Waals surface area contributed by atoms with Crippen molar-refractivity contribution in [2.75, 3.05) is 0 Å². The van der Waals surface area contributed by atoms with Gasteiger partial charge < -0.3 is 0 Å². The Hall–Kier alpha value is -2.37. The first-order valence-corrected chi connectivity index (χ1v) is 7.15. The largest absolute Gasteiger partial charge is 0.287 e. The van der Waals surface area contributed by atoms with Crippen LogP contribution in [0.5, 0.6) is 0 Å². The van der Waals surface area contributed by atoms with E-state index in [9.17, 15) is 0 Å². The highest BCUT2D eigenvalue weighted by atomic mass is 15.1. The maximum absolute atomic E-state index is 9.02. The molecule has 0 aromatic heterocycles. The van der Waals surface area contributed by atoms with Gasteiger partial charge in [-0.25, -0.2) is 0 Å². The third-order valence-corrected chi connectivity index (χ3v) is 3.50. The molecule has 0 aliphatic carbocycles. The first-order valence-electron chi connectivity index (χ1n) is 7.15. The normalized spacial score (nSPS) is 11.8. The summed E-state index contributed by atoms with van der Waals surface area (Å²) < 4.78 is 0. The lowest BCUT2D eigenvalue weighted by atomic mass is 10.1. The Labute approximate surface area is 127 Å². The van der Waals surface area contributed by atoms with Crippen molar-refractivity contribution in [1.82, 2.24) is 4.90 Å². The van der Waals surface area contributed by atoms with E-state index in [4.69, 9.17) is 5.26 Å². The fourth-order valence-corrected chi connectivity index (χ4v) is 2.38. The van der Waals surface area contributed by atoms with Crippen LogP contribution >= 0.6 is 0 Å². The summed E-state index contributed by atoms with van der Waals surface area (Å²) >= 11 is 0. The Morgan fingerprint density at radius 1 is 0.952 bits per heavy atom. The van der Waals surface area contributed by atoms with E-state index in [0.29, 0.717) is 6.42 Å². The van der Waals surface area contributed by atoms with Gasteiger partial charge >= 0.3 is 0 Å². The van der Waals surface area contributed by atoms with E-state index in [1.807, 2.05) is 42.5 Å². The van der Waals surface area contributed by atoms with E-state index in [0.717, 1.165) is 13.1 Å². The third-order valence-electron chi connectivity index (χ3n) is 3.50. The highest BCUT2D eigenvalue weighted by molar-refractivity contribution is 5.18. The first kappa shape index (κ1) is 15.0. The van der Waals surface area contributed by atoms with Gasteiger partial charge in [0.25, 0.3) is 0 Å². The zero-order valence-electron chi connectivity index (χ0n) is 12.2. The van der Waals surface area contributed by atoms with Gasteiger partial charge in [-0.15, -0.1) is 6.58 Å². The smallest absolute Gasteiger partial charge is 0.0641 e. The fraction of sp³-hybridized carbons (Fsp3) is 0.211. The van der Waals surface area contributed by atoms with Crippen LogP contribution in [0, 0.1) is 11.3 Å². The summed E-state index contributed by atoms with van der Waals surface area (Å²) in [4.78, 5) is 2.29. The molecule has 0 spiro atoms. The SMILES string of the molecule is C=CC(CC#N)N(Cc1ccccc1)Cc1ccccc1. The van der Waals surface area contributed by atoms with Crippen LogP contribution in [0.25, 0.3) is 0 Å². The number of nitrogens with zero attached hydrogens (tertiary/aromatic N) is 2. The second-order valence-corrected chi connectivity index (χ2v) is 5.04. The molecule has 0 fully saturated rings. The molecule has 0 amide bonds. The maximum atomic E-state index is 9.02. The number of hydrogen-bond acceptors (Lipinski definition) is 2. The fourth-order valence-electron chi connectivity index (χ4n) is 2.38. The zero-order valence-corrected chi connectivity index (χ0v) is 12.2. The van der Waals surface area contributed by atoms with Crippen molar-refractivity contribution in [2.24, 2.45) is 0 Å². The molecule has 1 atom stereocenters. The van der Waals surface area contributed by atoms with Crippen molar-refractivity contribution in [3.05, 3.63) is 84.4 Å². The number of benzene rings is 2. The molecule has 2 aromatic rings. The molecule has 0 N–H and O–H groups in total. The number of hydrogen-bond donors (Lipinski definition) is 0. The molecule has 0 aliphatic heterocycles. The molecular formula is C19H20N2. The summed E-state index contributed by atoms with van der Waals surface area (Å²) in [7, 11) is 0. The van der Waals surface area contributed by atoms with Gasteiger partial charge in [0.1, 0.15) is 0 Å². The molecule has 21 heavy (non-hydrogen) atoms. The molecule has 1 unspecified atom stereocenters. The van der Waals surface area contributed by atoms with Crippen molar-refractivity contribution in [3.8, 4) is 6.07 Å². The minimum Gasteiger partial charge on any atom is -0.287 e. The van der Waals surface area contributed by atoms with Gasteiger partial charge in [0.05, 0.1) is 12.5 Å². The molecule has 2 aromatic carbocycles. The van der Waals surface area contributed by atoms with Crippen LogP contribution in [0.4, 0.5) is 0 Å². The van der Waals surface area contributed by atoms with E-state index in [-0.39, 0.29) is 6.04 Å². The van der Waals surface area contributed by atoms with Gasteiger partial charge in [-0.05, 0) is 11.1 Å². The van der Waals surface area contributed by atoms with Gasteiger partial charge in [-0.3, -0.25) is 4.90 Å². The van der Waals surface area contributed by atoms with Crippen molar-refractivity contribution in [3.63, 3.8) is 0 Å². The van der Waals surface area contributed by atoms with Gasteiger partial charge in [0.2, 0.25) is 0 Å². The Kier molecular flexibility index (Phi) is 5.75. The summed E-state index contributed by atoms with van der Waals surface area (Å²) in [5, 5.41) is 9.02. The molecule has 0 bridgehead atoms. The van der Waals surface area contributed by atoms with Crippen LogP contribution in [0.3, 0.4) is 0 Å². The van der Waals surface area contributed by atoms with Crippen molar-refractivity contribution in [1.29, 1.82) is 5.26 Å². The topological polar surface area (TPSA) is 27.0 Å². The van der Waals surface area contributed by atoms with Gasteiger partial charge in [-0.2, -0.15) is 5.26 Å². The van der Waals surface area contributed by atoms with Crippen LogP contribution in [0.1, 0.15) is 17.5 Å². The summed E-state index contributed by atoms with van der Waals surface area (Å²) in [6.07, 6.45) is 2.33. The van der Waals surface area contributed by atoms with Crippen molar-refractivity contribution < 1.29 is 0 Å². The monoisotopic (exact) mass is 276 g/mol. The second-order valence-electron chi connectivity index (χ2n) is 5.04. The molecular weight excluding hydrogens is 256 g/mol. The van der Waals surface area contributed by atoms with E-state index in [1.54, 1.807) is 0 Å². The first-order chi connectivity index (χ1) is 10.3. The lowest BCUT2D eigenvalue weighted by Crippen LogP contribution is -2.32. The van der Waals surface area contributed by atoms with E-state index >= 15 is 0 Å². The van der Waals surface area contributed by atoms with Crippen LogP contribution in [-0.2, 0) is 13.1 Å². The molecule has 0 heterocycles. The van der Waals surface area contributed by atoms with Gasteiger partial charge in [-0.1, -0.05) is 66.7 Å². The molecule has 2 heteroatoms. The molecule has 2 rings (SSSR count). The Bertz CT molecular complexity index is 542. The van der Waals surface area contributed by atoms with Crippen LogP contribution in [-0.4, -0.2) is 10.9 Å². The predicted octanol–water partition coefficient (Wildman–Crippen LogP) is 4.16. The molecule has 0 saturated heterocycles. The molecule has 106 valence electrons. The third kappa shape index (κ3) is 4.59. The summed E-state index contributed by atoms with van der Waals surface area (Å²) in [6.45, 7) is 5.52. The number of rotatable bonds is 7. The molecule has 0 aliphatic rings. The Balaban J connectivity index is 2.17. The minimum atomic E-state index is 0.0652. The average Bonchev–Trinajstić information content (AvgIpc) is 2.54. The van der Waals surface area contributed by atoms with E-state index in [2.05, 4.69) is 41.8 Å². The van der Waals surface area contributed by atoms with Crippen LogP contribution in [0.2, 0.25) is 0 Å². The summed E-state index contributed by atoms with van der Waals surface area (Å²) in [5.41, 5.74) is 2.50. The molecule has 2 nitrogen and oxygen atoms in total. The summed E-state index contributed by atoms with van der Waals surface area (Å²) in [6, 6.07) is 23.0. The van der Waals surface area contributed by atoms with Crippen LogP contribution in [0.15, 0.2) is 73.3 Å². The maximum Gasteiger partial charge on any atom is 0.0641 e. The average molecular weight is 276 g/mol. The highest BCUT2D eigenvalue weighted by Crippen LogP contribution is 2.15. The van der Waals surface area contributed by atoms with Gasteiger partial charge in [0, 0.05) is 19.1 Å². The lowest BCUT2D eigenvalue weighted by molar-refractivity contribution is 0.213. The summed E-state index contributed by atoms with van der Waals surface area (Å²) in [5.74, 6) is 0. The highest BCUT2D eigenvalue weighted by Gasteiger charge is 2.16. The molecule has 0 radical (unpaired) electrons. The van der Waals surface area contributed by atoms with E-state index in [1.165, 1.54) is 11.1 Å². The lowest BCUT2D eigenvalue weighted by Gasteiger charge is -2.28. The quantitative estimate of drug-likeness (QED) is 0.710. The van der Waals surface area contributed by atoms with Crippen LogP contribution < -0.4 is 0 Å². The molecule has 0 saturated carbocycles.